The molecule has 2 N–H and O–H groups in total. The molecule has 9 heteroatoms. The van der Waals surface area contributed by atoms with Gasteiger partial charge >= 0.3 is 17.8 Å². The van der Waals surface area contributed by atoms with E-state index in [-0.39, 0.29) is 5.69 Å². The van der Waals surface area contributed by atoms with Crippen LogP contribution in [0, 0.1) is 5.82 Å². The van der Waals surface area contributed by atoms with E-state index in [1.165, 1.54) is 18.3 Å². The third-order valence-corrected chi connectivity index (χ3v) is 4.18. The summed E-state index contributed by atoms with van der Waals surface area (Å²) in [7, 11) is 0. The molecule has 2 amide bonds. The summed E-state index contributed by atoms with van der Waals surface area (Å²) in [5.41, 5.74) is 3.34. The quantitative estimate of drug-likeness (QED) is 0.189. The lowest BCUT2D eigenvalue weighted by Crippen LogP contribution is -2.32. The second kappa shape index (κ2) is 11.2. The van der Waals surface area contributed by atoms with E-state index in [1.54, 1.807) is 48.5 Å². The first kappa shape index (κ1) is 23.1. The van der Waals surface area contributed by atoms with Gasteiger partial charge in [0, 0.05) is 5.69 Å². The van der Waals surface area contributed by atoms with Gasteiger partial charge in [-0.25, -0.2) is 14.6 Å². The minimum Gasteiger partial charge on any atom is -0.494 e. The molecule has 3 rings (SSSR count). The van der Waals surface area contributed by atoms with Crippen LogP contribution in [-0.4, -0.2) is 30.6 Å². The van der Waals surface area contributed by atoms with Crippen LogP contribution in [0.3, 0.4) is 0 Å². The molecule has 0 saturated carbocycles. The molecule has 0 heterocycles. The molecular weight excluding hydrogens is 429 g/mol. The highest BCUT2D eigenvalue weighted by molar-refractivity contribution is 6.39. The van der Waals surface area contributed by atoms with E-state index >= 15 is 0 Å². The molecule has 0 bridgehead atoms. The lowest BCUT2D eigenvalue weighted by atomic mass is 10.2. The molecule has 0 aliphatic rings. The number of nitrogens with one attached hydrogen (secondary N) is 2. The van der Waals surface area contributed by atoms with Gasteiger partial charge in [0.05, 0.1) is 18.4 Å². The molecule has 0 unspecified atom stereocenters. The van der Waals surface area contributed by atoms with E-state index in [0.29, 0.717) is 29.2 Å². The molecular formula is C24H20FN3O5. The standard InChI is InChI=1S/C24H20FN3O5/c1-2-32-20-13-5-17(6-14-20)24(31)33-21-11-3-16(4-12-21)15-26-28-23(30)22(29)27-19-9-7-18(25)8-10-19/h3-15H,2H2,1H3,(H,27,29)(H,28,30). The summed E-state index contributed by atoms with van der Waals surface area (Å²) in [6.07, 6.45) is 1.32. The maximum Gasteiger partial charge on any atom is 0.343 e. The second-order valence-electron chi connectivity index (χ2n) is 6.58. The second-order valence-corrected chi connectivity index (χ2v) is 6.58. The van der Waals surface area contributed by atoms with Gasteiger partial charge in [0.2, 0.25) is 0 Å². The Morgan fingerprint density at radius 3 is 2.15 bits per heavy atom. The van der Waals surface area contributed by atoms with Crippen molar-refractivity contribution in [2.24, 2.45) is 5.10 Å². The zero-order valence-electron chi connectivity index (χ0n) is 17.6. The predicted octanol–water partition coefficient (Wildman–Crippen LogP) is 3.53. The van der Waals surface area contributed by atoms with E-state index in [1.807, 2.05) is 6.92 Å². The number of rotatable bonds is 7. The van der Waals surface area contributed by atoms with E-state index in [0.717, 1.165) is 12.1 Å². The number of hydrogen-bond donors (Lipinski definition) is 2. The summed E-state index contributed by atoms with van der Waals surface area (Å²) < 4.78 is 23.5. The van der Waals surface area contributed by atoms with Crippen molar-refractivity contribution in [2.45, 2.75) is 6.92 Å². The Bertz CT molecular complexity index is 1140. The molecule has 0 radical (unpaired) electrons. The average molecular weight is 449 g/mol. The summed E-state index contributed by atoms with van der Waals surface area (Å²) in [6, 6.07) is 17.9. The molecule has 8 nitrogen and oxygen atoms in total. The number of hydrogen-bond acceptors (Lipinski definition) is 6. The lowest BCUT2D eigenvalue weighted by molar-refractivity contribution is -0.136. The highest BCUT2D eigenvalue weighted by atomic mass is 19.1. The van der Waals surface area contributed by atoms with Gasteiger partial charge in [0.1, 0.15) is 17.3 Å². The molecule has 0 aliphatic carbocycles. The number of amides is 2. The number of esters is 1. The fourth-order valence-electron chi connectivity index (χ4n) is 2.58. The number of ether oxygens (including phenoxy) is 2. The zero-order valence-corrected chi connectivity index (χ0v) is 17.6. The summed E-state index contributed by atoms with van der Waals surface area (Å²) in [5, 5.41) is 6.03. The van der Waals surface area contributed by atoms with Crippen molar-refractivity contribution in [3.63, 3.8) is 0 Å². The smallest absolute Gasteiger partial charge is 0.343 e. The number of anilines is 1. The maximum absolute atomic E-state index is 12.9. The number of halogens is 1. The normalized spacial score (nSPS) is 10.5. The fourth-order valence-corrected chi connectivity index (χ4v) is 2.58. The molecule has 0 aromatic heterocycles. The Hall–Kier alpha value is -4.53. The zero-order chi connectivity index (χ0) is 23.6. The minimum atomic E-state index is -0.989. The SMILES string of the molecule is CCOc1ccc(C(=O)Oc2ccc(C=NNC(=O)C(=O)Nc3ccc(F)cc3)cc2)cc1. The Morgan fingerprint density at radius 2 is 1.52 bits per heavy atom. The molecule has 3 aromatic carbocycles. The number of carbonyl (C=O) groups is 3. The molecule has 168 valence electrons. The van der Waals surface area contributed by atoms with Crippen LogP contribution in [0.15, 0.2) is 77.9 Å². The van der Waals surface area contributed by atoms with Crippen LogP contribution in [0.2, 0.25) is 0 Å². The van der Waals surface area contributed by atoms with Crippen LogP contribution in [0.1, 0.15) is 22.8 Å². The Morgan fingerprint density at radius 1 is 0.879 bits per heavy atom. The topological polar surface area (TPSA) is 106 Å². The van der Waals surface area contributed by atoms with Crippen molar-refractivity contribution < 1.29 is 28.2 Å². The third-order valence-electron chi connectivity index (χ3n) is 4.18. The maximum atomic E-state index is 12.9. The molecule has 3 aromatic rings. The van der Waals surface area contributed by atoms with Gasteiger partial charge in [0.15, 0.2) is 0 Å². The molecule has 0 fully saturated rings. The van der Waals surface area contributed by atoms with Gasteiger partial charge in [0.25, 0.3) is 0 Å². The van der Waals surface area contributed by atoms with E-state index in [2.05, 4.69) is 15.8 Å². The van der Waals surface area contributed by atoms with E-state index in [9.17, 15) is 18.8 Å². The van der Waals surface area contributed by atoms with Gasteiger partial charge in [-0.15, -0.1) is 0 Å². The van der Waals surface area contributed by atoms with Crippen LogP contribution in [0.4, 0.5) is 10.1 Å². The Kier molecular flexibility index (Phi) is 7.85. The van der Waals surface area contributed by atoms with Crippen molar-refractivity contribution >= 4 is 29.7 Å². The van der Waals surface area contributed by atoms with Gasteiger partial charge in [-0.1, -0.05) is 0 Å². The summed E-state index contributed by atoms with van der Waals surface area (Å²) in [4.78, 5) is 35.8. The van der Waals surface area contributed by atoms with Crippen LogP contribution in [0.5, 0.6) is 11.5 Å². The number of nitrogens with zero attached hydrogens (tertiary/aromatic N) is 1. The highest BCUT2D eigenvalue weighted by Crippen LogP contribution is 2.16. The first-order valence-corrected chi connectivity index (χ1v) is 9.89. The van der Waals surface area contributed by atoms with E-state index in [4.69, 9.17) is 9.47 Å². The minimum absolute atomic E-state index is 0.274. The molecule has 0 spiro atoms. The number of carbonyl (C=O) groups excluding carboxylic acids is 3. The number of hydrazone groups is 1. The molecule has 0 saturated heterocycles. The van der Waals surface area contributed by atoms with Crippen LogP contribution < -0.4 is 20.2 Å². The van der Waals surface area contributed by atoms with Crippen molar-refractivity contribution in [2.75, 3.05) is 11.9 Å². The number of benzene rings is 3. The monoisotopic (exact) mass is 449 g/mol. The summed E-state index contributed by atoms with van der Waals surface area (Å²) >= 11 is 0. The Balaban J connectivity index is 1.49. The van der Waals surface area contributed by atoms with Gasteiger partial charge in [-0.05, 0) is 85.3 Å². The lowest BCUT2D eigenvalue weighted by Gasteiger charge is -2.06. The van der Waals surface area contributed by atoms with E-state index < -0.39 is 23.6 Å². The largest absolute Gasteiger partial charge is 0.494 e. The van der Waals surface area contributed by atoms with Gasteiger partial charge in [-0.2, -0.15) is 5.10 Å². The third kappa shape index (κ3) is 7.00. The fraction of sp³-hybridized carbons (Fsp3) is 0.0833. The highest BCUT2D eigenvalue weighted by Gasteiger charge is 2.13. The molecule has 0 aliphatic heterocycles. The van der Waals surface area contributed by atoms with Crippen LogP contribution >= 0.6 is 0 Å². The van der Waals surface area contributed by atoms with Gasteiger partial charge in [-0.3, -0.25) is 9.59 Å². The first-order chi connectivity index (χ1) is 15.9. The molecule has 0 atom stereocenters. The molecule has 33 heavy (non-hydrogen) atoms. The van der Waals surface area contributed by atoms with Crippen molar-refractivity contribution in [3.05, 3.63) is 89.7 Å². The van der Waals surface area contributed by atoms with Crippen LogP contribution in [0.25, 0.3) is 0 Å². The average Bonchev–Trinajstić information content (AvgIpc) is 2.82. The first-order valence-electron chi connectivity index (χ1n) is 9.89. The van der Waals surface area contributed by atoms with Crippen molar-refractivity contribution in [1.29, 1.82) is 0 Å². The van der Waals surface area contributed by atoms with Crippen molar-refractivity contribution in [1.82, 2.24) is 5.43 Å². The predicted molar refractivity (Wildman–Crippen MR) is 120 cm³/mol. The van der Waals surface area contributed by atoms with Gasteiger partial charge < -0.3 is 14.8 Å². The summed E-state index contributed by atoms with van der Waals surface area (Å²) in [6.45, 7) is 2.41. The van der Waals surface area contributed by atoms with Crippen molar-refractivity contribution in [3.8, 4) is 11.5 Å². The van der Waals surface area contributed by atoms with Crippen LogP contribution in [-0.2, 0) is 9.59 Å². The Labute approximate surface area is 189 Å². The summed E-state index contributed by atoms with van der Waals surface area (Å²) in [5.74, 6) is -1.92.